The van der Waals surface area contributed by atoms with E-state index in [0.29, 0.717) is 16.5 Å². The molecule has 0 aliphatic rings. The van der Waals surface area contributed by atoms with Crippen molar-refractivity contribution in [1.82, 2.24) is 4.98 Å². The SMILES string of the molecule is COc1ccc(NC(=O)COC(=O)c2cccnc2N)cc1Cl. The molecule has 0 radical (unpaired) electrons. The summed E-state index contributed by atoms with van der Waals surface area (Å²) in [4.78, 5) is 27.4. The summed E-state index contributed by atoms with van der Waals surface area (Å²) in [5.41, 5.74) is 6.12. The van der Waals surface area contributed by atoms with E-state index in [1.54, 1.807) is 18.2 Å². The zero-order valence-electron chi connectivity index (χ0n) is 12.2. The third-order valence-electron chi connectivity index (χ3n) is 2.83. The molecule has 1 amide bonds. The van der Waals surface area contributed by atoms with Crippen molar-refractivity contribution in [3.05, 3.63) is 47.1 Å². The van der Waals surface area contributed by atoms with Crippen molar-refractivity contribution in [2.45, 2.75) is 0 Å². The number of benzene rings is 1. The van der Waals surface area contributed by atoms with Crippen molar-refractivity contribution in [2.75, 3.05) is 24.8 Å². The van der Waals surface area contributed by atoms with Crippen LogP contribution in [0.3, 0.4) is 0 Å². The van der Waals surface area contributed by atoms with Gasteiger partial charge in [0.15, 0.2) is 6.61 Å². The van der Waals surface area contributed by atoms with Gasteiger partial charge >= 0.3 is 5.97 Å². The van der Waals surface area contributed by atoms with Crippen LogP contribution in [0.25, 0.3) is 0 Å². The van der Waals surface area contributed by atoms with Crippen LogP contribution in [0.4, 0.5) is 11.5 Å². The lowest BCUT2D eigenvalue weighted by Gasteiger charge is -2.09. The molecule has 1 aromatic heterocycles. The van der Waals surface area contributed by atoms with Crippen LogP contribution in [0.1, 0.15) is 10.4 Å². The average molecular weight is 336 g/mol. The summed E-state index contributed by atoms with van der Waals surface area (Å²) < 4.78 is 9.90. The van der Waals surface area contributed by atoms with Gasteiger partial charge in [-0.3, -0.25) is 4.79 Å². The number of carbonyl (C=O) groups excluding carboxylic acids is 2. The Kier molecular flexibility index (Phi) is 5.37. The van der Waals surface area contributed by atoms with E-state index in [1.807, 2.05) is 0 Å². The predicted molar refractivity (Wildman–Crippen MR) is 85.6 cm³/mol. The molecule has 0 aliphatic heterocycles. The van der Waals surface area contributed by atoms with E-state index in [4.69, 9.17) is 26.8 Å². The van der Waals surface area contributed by atoms with E-state index in [1.165, 1.54) is 25.4 Å². The zero-order chi connectivity index (χ0) is 16.8. The number of esters is 1. The molecule has 7 nitrogen and oxygen atoms in total. The van der Waals surface area contributed by atoms with E-state index in [-0.39, 0.29) is 11.4 Å². The normalized spacial score (nSPS) is 10.0. The number of halogens is 1. The minimum Gasteiger partial charge on any atom is -0.495 e. The second-order valence-electron chi connectivity index (χ2n) is 4.41. The molecule has 1 aromatic carbocycles. The molecule has 23 heavy (non-hydrogen) atoms. The summed E-state index contributed by atoms with van der Waals surface area (Å²) in [5.74, 6) is -0.705. The van der Waals surface area contributed by atoms with Crippen LogP contribution in [-0.2, 0) is 9.53 Å². The average Bonchev–Trinajstić information content (AvgIpc) is 2.53. The standard InChI is InChI=1S/C15H14ClN3O4/c1-22-12-5-4-9(7-11(12)16)19-13(20)8-23-15(21)10-3-2-6-18-14(10)17/h2-7H,8H2,1H3,(H2,17,18)(H,19,20). The molecule has 0 bridgehead atoms. The van der Waals surface area contributed by atoms with Gasteiger partial charge in [-0.2, -0.15) is 0 Å². The molecule has 0 spiro atoms. The number of hydrogen-bond acceptors (Lipinski definition) is 6. The van der Waals surface area contributed by atoms with Crippen molar-refractivity contribution >= 4 is 35.0 Å². The molecule has 2 aromatic rings. The minimum atomic E-state index is -0.724. The summed E-state index contributed by atoms with van der Waals surface area (Å²) >= 11 is 5.96. The van der Waals surface area contributed by atoms with Crippen LogP contribution in [-0.4, -0.2) is 30.6 Å². The van der Waals surface area contributed by atoms with E-state index >= 15 is 0 Å². The van der Waals surface area contributed by atoms with Gasteiger partial charge in [0.05, 0.1) is 12.1 Å². The number of nitrogens with one attached hydrogen (secondary N) is 1. The first kappa shape index (κ1) is 16.6. The van der Waals surface area contributed by atoms with Crippen LogP contribution in [0, 0.1) is 0 Å². The Hall–Kier alpha value is -2.80. The Bertz CT molecular complexity index is 736. The number of aromatic nitrogens is 1. The Balaban J connectivity index is 1.91. The van der Waals surface area contributed by atoms with Gasteiger partial charge in [-0.25, -0.2) is 9.78 Å². The lowest BCUT2D eigenvalue weighted by atomic mass is 10.2. The monoisotopic (exact) mass is 335 g/mol. The molecule has 0 unspecified atom stereocenters. The lowest BCUT2D eigenvalue weighted by molar-refractivity contribution is -0.119. The number of anilines is 2. The van der Waals surface area contributed by atoms with Crippen molar-refractivity contribution in [2.24, 2.45) is 0 Å². The molecule has 0 fully saturated rings. The molecule has 0 saturated carbocycles. The second-order valence-corrected chi connectivity index (χ2v) is 4.82. The van der Waals surface area contributed by atoms with E-state index in [9.17, 15) is 9.59 Å². The van der Waals surface area contributed by atoms with Gasteiger partial charge in [-0.1, -0.05) is 11.6 Å². The van der Waals surface area contributed by atoms with Crippen molar-refractivity contribution < 1.29 is 19.1 Å². The molecule has 0 saturated heterocycles. The maximum atomic E-state index is 11.8. The summed E-state index contributed by atoms with van der Waals surface area (Å²) in [6, 6.07) is 7.77. The van der Waals surface area contributed by atoms with Crippen molar-refractivity contribution in [3.63, 3.8) is 0 Å². The maximum absolute atomic E-state index is 11.8. The van der Waals surface area contributed by atoms with Gasteiger partial charge < -0.3 is 20.5 Å². The zero-order valence-corrected chi connectivity index (χ0v) is 13.0. The number of ether oxygens (including phenoxy) is 2. The topological polar surface area (TPSA) is 104 Å². The molecule has 1 heterocycles. The third kappa shape index (κ3) is 4.33. The molecule has 120 valence electrons. The summed E-state index contributed by atoms with van der Waals surface area (Å²) in [6.45, 7) is -0.461. The lowest BCUT2D eigenvalue weighted by Crippen LogP contribution is -2.21. The highest BCUT2D eigenvalue weighted by atomic mass is 35.5. The fourth-order valence-corrected chi connectivity index (χ4v) is 2.00. The van der Waals surface area contributed by atoms with Crippen LogP contribution in [0.15, 0.2) is 36.5 Å². The smallest absolute Gasteiger partial charge is 0.342 e. The number of hydrogen-bond donors (Lipinski definition) is 2. The Labute approximate surface area is 137 Å². The van der Waals surface area contributed by atoms with Gasteiger partial charge in [0.1, 0.15) is 17.1 Å². The van der Waals surface area contributed by atoms with Crippen LogP contribution in [0.2, 0.25) is 5.02 Å². The maximum Gasteiger partial charge on any atom is 0.342 e. The van der Waals surface area contributed by atoms with E-state index < -0.39 is 18.5 Å². The summed E-state index contributed by atoms with van der Waals surface area (Å²) in [7, 11) is 1.49. The van der Waals surface area contributed by atoms with Gasteiger partial charge in [0.2, 0.25) is 0 Å². The first-order valence-electron chi connectivity index (χ1n) is 6.52. The largest absolute Gasteiger partial charge is 0.495 e. The quantitative estimate of drug-likeness (QED) is 0.811. The molecular weight excluding hydrogens is 322 g/mol. The number of amides is 1. The first-order chi connectivity index (χ1) is 11.0. The number of methoxy groups -OCH3 is 1. The minimum absolute atomic E-state index is 0.0415. The number of nitrogen functional groups attached to an aromatic ring is 1. The number of pyridine rings is 1. The number of nitrogens with two attached hydrogens (primary N) is 1. The van der Waals surface area contributed by atoms with Crippen molar-refractivity contribution in [1.29, 1.82) is 0 Å². The Morgan fingerprint density at radius 2 is 2.13 bits per heavy atom. The number of nitrogens with zero attached hydrogens (tertiary/aromatic N) is 1. The van der Waals surface area contributed by atoms with Crippen LogP contribution in [0.5, 0.6) is 5.75 Å². The fraction of sp³-hybridized carbons (Fsp3) is 0.133. The predicted octanol–water partition coefficient (Wildman–Crippen LogP) is 2.12. The Morgan fingerprint density at radius 3 is 2.78 bits per heavy atom. The molecule has 0 atom stereocenters. The van der Waals surface area contributed by atoms with Gasteiger partial charge in [0, 0.05) is 11.9 Å². The highest BCUT2D eigenvalue weighted by Crippen LogP contribution is 2.27. The summed E-state index contributed by atoms with van der Waals surface area (Å²) in [5, 5.41) is 2.90. The highest BCUT2D eigenvalue weighted by molar-refractivity contribution is 6.32. The van der Waals surface area contributed by atoms with Crippen LogP contribution < -0.4 is 15.8 Å². The molecule has 3 N–H and O–H groups in total. The number of carbonyl (C=O) groups is 2. The van der Waals surface area contributed by atoms with E-state index in [0.717, 1.165) is 0 Å². The third-order valence-corrected chi connectivity index (χ3v) is 3.12. The van der Waals surface area contributed by atoms with Gasteiger partial charge in [-0.15, -0.1) is 0 Å². The summed E-state index contributed by atoms with van der Waals surface area (Å²) in [6.07, 6.45) is 1.45. The first-order valence-corrected chi connectivity index (χ1v) is 6.90. The number of rotatable bonds is 5. The second kappa shape index (κ2) is 7.46. The van der Waals surface area contributed by atoms with Gasteiger partial charge in [0.25, 0.3) is 5.91 Å². The van der Waals surface area contributed by atoms with Gasteiger partial charge in [-0.05, 0) is 30.3 Å². The fourth-order valence-electron chi connectivity index (χ4n) is 1.74. The highest BCUT2D eigenvalue weighted by Gasteiger charge is 2.14. The molecule has 0 aliphatic carbocycles. The molecule has 2 rings (SSSR count). The molecule has 8 heteroatoms. The van der Waals surface area contributed by atoms with Crippen LogP contribution >= 0.6 is 11.6 Å². The molecular formula is C15H14ClN3O4. The van der Waals surface area contributed by atoms with Crippen molar-refractivity contribution in [3.8, 4) is 5.75 Å². The Morgan fingerprint density at radius 1 is 1.35 bits per heavy atom. The van der Waals surface area contributed by atoms with E-state index in [2.05, 4.69) is 10.3 Å².